The van der Waals surface area contributed by atoms with E-state index in [4.69, 9.17) is 15.2 Å². The zero-order valence-corrected chi connectivity index (χ0v) is 10.9. The van der Waals surface area contributed by atoms with Gasteiger partial charge in [-0.25, -0.2) is 0 Å². The molecular weight excluding hydrogens is 244 g/mol. The highest BCUT2D eigenvalue weighted by atomic mass is 16.7. The van der Waals surface area contributed by atoms with Crippen LogP contribution >= 0.6 is 0 Å². The number of amides is 1. The molecule has 1 aliphatic heterocycles. The van der Waals surface area contributed by atoms with E-state index in [0.29, 0.717) is 12.3 Å². The summed E-state index contributed by atoms with van der Waals surface area (Å²) in [5.74, 6) is 1.28. The molecule has 0 aliphatic carbocycles. The van der Waals surface area contributed by atoms with E-state index in [-0.39, 0.29) is 18.7 Å². The fourth-order valence-corrected chi connectivity index (χ4v) is 1.62. The van der Waals surface area contributed by atoms with Crippen molar-refractivity contribution in [3.05, 3.63) is 29.8 Å². The summed E-state index contributed by atoms with van der Waals surface area (Å²) in [5.41, 5.74) is 6.61. The minimum absolute atomic E-state index is 0.00268. The predicted octanol–water partition coefficient (Wildman–Crippen LogP) is 1.28. The van der Waals surface area contributed by atoms with Crippen LogP contribution in [0.2, 0.25) is 0 Å². The zero-order valence-electron chi connectivity index (χ0n) is 10.9. The summed E-state index contributed by atoms with van der Waals surface area (Å²) in [7, 11) is 0. The Kier molecular flexibility index (Phi) is 4.41. The maximum Gasteiger partial charge on any atom is 0.244 e. The maximum absolute atomic E-state index is 11.6. The van der Waals surface area contributed by atoms with Crippen molar-refractivity contribution >= 4 is 12.0 Å². The van der Waals surface area contributed by atoms with Crippen molar-refractivity contribution in [3.8, 4) is 11.5 Å². The van der Waals surface area contributed by atoms with Crippen LogP contribution in [0.4, 0.5) is 0 Å². The number of carbonyl (C=O) groups is 1. The van der Waals surface area contributed by atoms with E-state index in [1.54, 1.807) is 6.08 Å². The fraction of sp³-hybridized carbons (Fsp3) is 0.357. The van der Waals surface area contributed by atoms with Gasteiger partial charge in [-0.3, -0.25) is 4.79 Å². The van der Waals surface area contributed by atoms with Gasteiger partial charge in [0, 0.05) is 18.7 Å². The van der Waals surface area contributed by atoms with Crippen molar-refractivity contribution in [1.29, 1.82) is 0 Å². The lowest BCUT2D eigenvalue weighted by molar-refractivity contribution is -0.116. The Balaban J connectivity index is 1.89. The molecule has 0 saturated heterocycles. The molecule has 2 rings (SSSR count). The normalized spacial score (nSPS) is 14.6. The summed E-state index contributed by atoms with van der Waals surface area (Å²) < 4.78 is 10.5. The van der Waals surface area contributed by atoms with Gasteiger partial charge in [-0.05, 0) is 30.2 Å². The molecule has 0 aromatic heterocycles. The number of rotatable bonds is 5. The van der Waals surface area contributed by atoms with Crippen molar-refractivity contribution in [2.24, 2.45) is 5.73 Å². The van der Waals surface area contributed by atoms with Crippen LogP contribution in [0.15, 0.2) is 24.3 Å². The molecule has 19 heavy (non-hydrogen) atoms. The summed E-state index contributed by atoms with van der Waals surface area (Å²) in [4.78, 5) is 11.6. The fourth-order valence-electron chi connectivity index (χ4n) is 1.62. The minimum atomic E-state index is -0.151. The molecule has 1 aromatic rings. The van der Waals surface area contributed by atoms with Crippen molar-refractivity contribution in [3.63, 3.8) is 0 Å². The van der Waals surface area contributed by atoms with E-state index >= 15 is 0 Å². The van der Waals surface area contributed by atoms with Gasteiger partial charge >= 0.3 is 0 Å². The van der Waals surface area contributed by atoms with E-state index in [9.17, 15) is 4.79 Å². The second kappa shape index (κ2) is 6.24. The molecule has 3 N–H and O–H groups in total. The van der Waals surface area contributed by atoms with Gasteiger partial charge in [0.2, 0.25) is 12.7 Å². The number of ether oxygens (including phenoxy) is 2. The highest BCUT2D eigenvalue weighted by Crippen LogP contribution is 2.32. The van der Waals surface area contributed by atoms with E-state index in [1.165, 1.54) is 6.08 Å². The van der Waals surface area contributed by atoms with E-state index < -0.39 is 0 Å². The SMILES string of the molecule is CCC(N)CNC(=O)C=Cc1ccc2c(c1)OCO2. The standard InChI is InChI=1S/C14H18N2O3/c1-2-11(15)8-16-14(17)6-4-10-3-5-12-13(7-10)19-9-18-12/h3-7,11H,2,8-9,15H2,1H3,(H,16,17). The molecule has 1 atom stereocenters. The van der Waals surface area contributed by atoms with Gasteiger partial charge < -0.3 is 20.5 Å². The largest absolute Gasteiger partial charge is 0.454 e. The molecule has 0 spiro atoms. The zero-order chi connectivity index (χ0) is 13.7. The third kappa shape index (κ3) is 3.72. The number of nitrogens with two attached hydrogens (primary N) is 1. The van der Waals surface area contributed by atoms with E-state index in [0.717, 1.165) is 17.7 Å². The first-order valence-corrected chi connectivity index (χ1v) is 6.30. The number of fused-ring (bicyclic) bond motifs is 1. The van der Waals surface area contributed by atoms with Gasteiger partial charge in [-0.2, -0.15) is 0 Å². The summed E-state index contributed by atoms with van der Waals surface area (Å²) in [6, 6.07) is 5.54. The highest BCUT2D eigenvalue weighted by molar-refractivity contribution is 5.91. The van der Waals surface area contributed by atoms with Gasteiger partial charge in [0.15, 0.2) is 11.5 Å². The predicted molar refractivity (Wildman–Crippen MR) is 72.9 cm³/mol. The Labute approximate surface area is 112 Å². The number of hydrogen-bond acceptors (Lipinski definition) is 4. The van der Waals surface area contributed by atoms with Gasteiger partial charge in [0.05, 0.1) is 0 Å². The van der Waals surface area contributed by atoms with Gasteiger partial charge in [-0.1, -0.05) is 13.0 Å². The molecule has 5 nitrogen and oxygen atoms in total. The molecule has 5 heteroatoms. The first-order chi connectivity index (χ1) is 9.19. The minimum Gasteiger partial charge on any atom is -0.454 e. The number of hydrogen-bond donors (Lipinski definition) is 2. The summed E-state index contributed by atoms with van der Waals surface area (Å²) in [5, 5.41) is 2.75. The Morgan fingerprint density at radius 3 is 3.05 bits per heavy atom. The van der Waals surface area contributed by atoms with Crippen LogP contribution in [-0.4, -0.2) is 25.3 Å². The lowest BCUT2D eigenvalue weighted by atomic mass is 10.2. The van der Waals surface area contributed by atoms with Crippen LogP contribution in [0.3, 0.4) is 0 Å². The summed E-state index contributed by atoms with van der Waals surface area (Å²) >= 11 is 0. The van der Waals surface area contributed by atoms with E-state index in [2.05, 4.69) is 5.32 Å². The molecule has 0 fully saturated rings. The number of nitrogens with one attached hydrogen (secondary N) is 1. The van der Waals surface area contributed by atoms with Crippen molar-refractivity contribution < 1.29 is 14.3 Å². The third-order valence-electron chi connectivity index (χ3n) is 2.89. The molecule has 0 bridgehead atoms. The molecule has 1 heterocycles. The summed E-state index contributed by atoms with van der Waals surface area (Å²) in [6.45, 7) is 2.72. The van der Waals surface area contributed by atoms with Crippen LogP contribution in [0.1, 0.15) is 18.9 Å². The number of benzene rings is 1. The maximum atomic E-state index is 11.6. The van der Waals surface area contributed by atoms with Crippen LogP contribution in [-0.2, 0) is 4.79 Å². The molecule has 0 radical (unpaired) electrons. The van der Waals surface area contributed by atoms with Gasteiger partial charge in [-0.15, -0.1) is 0 Å². The average molecular weight is 262 g/mol. The van der Waals surface area contributed by atoms with Crippen molar-refractivity contribution in [1.82, 2.24) is 5.32 Å². The molecule has 1 aromatic carbocycles. The lowest BCUT2D eigenvalue weighted by Crippen LogP contribution is -2.35. The quantitative estimate of drug-likeness (QED) is 0.784. The monoisotopic (exact) mass is 262 g/mol. The molecular formula is C14H18N2O3. The van der Waals surface area contributed by atoms with E-state index in [1.807, 2.05) is 25.1 Å². The third-order valence-corrected chi connectivity index (χ3v) is 2.89. The smallest absolute Gasteiger partial charge is 0.244 e. The topological polar surface area (TPSA) is 73.6 Å². The van der Waals surface area contributed by atoms with Crippen molar-refractivity contribution in [2.75, 3.05) is 13.3 Å². The second-order valence-electron chi connectivity index (χ2n) is 4.36. The Hall–Kier alpha value is -2.01. The highest BCUT2D eigenvalue weighted by Gasteiger charge is 2.12. The second-order valence-corrected chi connectivity index (χ2v) is 4.36. The van der Waals surface area contributed by atoms with Gasteiger partial charge in [0.25, 0.3) is 0 Å². The van der Waals surface area contributed by atoms with Crippen LogP contribution in [0.25, 0.3) is 6.08 Å². The number of carbonyl (C=O) groups excluding carboxylic acids is 1. The van der Waals surface area contributed by atoms with Crippen molar-refractivity contribution in [2.45, 2.75) is 19.4 Å². The molecule has 0 saturated carbocycles. The Morgan fingerprint density at radius 2 is 2.26 bits per heavy atom. The van der Waals surface area contributed by atoms with Gasteiger partial charge in [0.1, 0.15) is 0 Å². The Morgan fingerprint density at radius 1 is 1.47 bits per heavy atom. The van der Waals surface area contributed by atoms with Crippen LogP contribution in [0.5, 0.6) is 11.5 Å². The molecule has 1 amide bonds. The molecule has 1 unspecified atom stereocenters. The average Bonchev–Trinajstić information content (AvgIpc) is 2.89. The summed E-state index contributed by atoms with van der Waals surface area (Å²) in [6.07, 6.45) is 4.06. The first-order valence-electron chi connectivity index (χ1n) is 6.30. The lowest BCUT2D eigenvalue weighted by Gasteiger charge is -2.08. The van der Waals surface area contributed by atoms with Crippen LogP contribution in [0, 0.1) is 0 Å². The molecule has 102 valence electrons. The van der Waals surface area contributed by atoms with Crippen LogP contribution < -0.4 is 20.5 Å². The molecule has 1 aliphatic rings. The first kappa shape index (κ1) is 13.4. The Bertz CT molecular complexity index is 486.